The first-order chi connectivity index (χ1) is 14.0. The first kappa shape index (κ1) is 21.6. The molecule has 0 bridgehead atoms. The van der Waals surface area contributed by atoms with Crippen LogP contribution in [0.3, 0.4) is 0 Å². The molecule has 6 nitrogen and oxygen atoms in total. The molecule has 29 heavy (non-hydrogen) atoms. The highest BCUT2D eigenvalue weighted by Crippen LogP contribution is 2.36. The number of allylic oxidation sites excluding steroid dienone is 1. The van der Waals surface area contributed by atoms with Gasteiger partial charge in [0, 0.05) is 17.3 Å². The summed E-state index contributed by atoms with van der Waals surface area (Å²) < 4.78 is 1.99. The summed E-state index contributed by atoms with van der Waals surface area (Å²) in [6, 6.07) is 2.32. The zero-order valence-corrected chi connectivity index (χ0v) is 18.7. The molecule has 0 unspecified atom stereocenters. The van der Waals surface area contributed by atoms with Crippen molar-refractivity contribution in [3.05, 3.63) is 34.5 Å². The van der Waals surface area contributed by atoms with Crippen molar-refractivity contribution in [1.29, 1.82) is 5.26 Å². The molecule has 1 aliphatic carbocycles. The number of nitriles is 1. The Labute approximate surface area is 180 Å². The number of fused-ring (bicyclic) bond motifs is 1. The molecule has 2 heterocycles. The predicted octanol–water partition coefficient (Wildman–Crippen LogP) is 4.91. The summed E-state index contributed by atoms with van der Waals surface area (Å²) in [6.07, 6.45) is 8.45. The standard InChI is InChI=1S/C21H27N5OS2/c1-4-11-26-19(14(2)3)24-25-21(26)28-13-18(27)23-20-16(12-22)15-9-7-5-6-8-10-17(15)29-20/h4,14H,1,5-11,13H2,2-3H3,(H,23,27). The Balaban J connectivity index is 1.70. The number of rotatable bonds is 7. The number of nitrogens with one attached hydrogen (secondary N) is 1. The van der Waals surface area contributed by atoms with Gasteiger partial charge in [-0.15, -0.1) is 28.1 Å². The fraction of sp³-hybridized carbons (Fsp3) is 0.524. The molecule has 154 valence electrons. The number of nitrogens with zero attached hydrogens (tertiary/aromatic N) is 4. The molecule has 8 heteroatoms. The van der Waals surface area contributed by atoms with Crippen LogP contribution in [0.2, 0.25) is 0 Å². The molecule has 0 spiro atoms. The number of aryl methyl sites for hydroxylation is 1. The van der Waals surface area contributed by atoms with Crippen molar-refractivity contribution in [2.45, 2.75) is 70.0 Å². The van der Waals surface area contributed by atoms with Crippen molar-refractivity contribution < 1.29 is 4.79 Å². The van der Waals surface area contributed by atoms with Gasteiger partial charge in [-0.1, -0.05) is 44.5 Å². The molecule has 0 fully saturated rings. The van der Waals surface area contributed by atoms with E-state index >= 15 is 0 Å². The van der Waals surface area contributed by atoms with Gasteiger partial charge in [0.2, 0.25) is 5.91 Å². The van der Waals surface area contributed by atoms with Crippen LogP contribution in [-0.4, -0.2) is 26.4 Å². The Morgan fingerprint density at radius 2 is 2.10 bits per heavy atom. The molecule has 0 aromatic carbocycles. The lowest BCUT2D eigenvalue weighted by atomic mass is 9.97. The van der Waals surface area contributed by atoms with E-state index in [1.54, 1.807) is 17.4 Å². The lowest BCUT2D eigenvalue weighted by molar-refractivity contribution is -0.113. The van der Waals surface area contributed by atoms with E-state index in [0.717, 1.165) is 37.1 Å². The van der Waals surface area contributed by atoms with Gasteiger partial charge >= 0.3 is 0 Å². The average Bonchev–Trinajstić information content (AvgIpc) is 3.21. The molecule has 0 radical (unpaired) electrons. The van der Waals surface area contributed by atoms with Crippen LogP contribution in [0.25, 0.3) is 0 Å². The summed E-state index contributed by atoms with van der Waals surface area (Å²) >= 11 is 2.93. The smallest absolute Gasteiger partial charge is 0.235 e. The number of hydrogen-bond donors (Lipinski definition) is 1. The van der Waals surface area contributed by atoms with Crippen molar-refractivity contribution in [1.82, 2.24) is 14.8 Å². The van der Waals surface area contributed by atoms with Gasteiger partial charge in [-0.3, -0.25) is 4.79 Å². The molecule has 0 saturated heterocycles. The van der Waals surface area contributed by atoms with Crippen LogP contribution in [0, 0.1) is 11.3 Å². The Bertz CT molecular complexity index is 922. The molecule has 1 amide bonds. The molecule has 0 aliphatic heterocycles. The number of carbonyl (C=O) groups is 1. The minimum atomic E-state index is -0.125. The molecular weight excluding hydrogens is 402 g/mol. The topological polar surface area (TPSA) is 83.6 Å². The summed E-state index contributed by atoms with van der Waals surface area (Å²) in [6.45, 7) is 8.54. The van der Waals surface area contributed by atoms with Crippen molar-refractivity contribution in [3.63, 3.8) is 0 Å². The molecule has 0 saturated carbocycles. The lowest BCUT2D eigenvalue weighted by Crippen LogP contribution is -2.15. The Morgan fingerprint density at radius 1 is 1.34 bits per heavy atom. The van der Waals surface area contributed by atoms with E-state index < -0.39 is 0 Å². The quantitative estimate of drug-likeness (QED) is 0.499. The number of anilines is 1. The van der Waals surface area contributed by atoms with E-state index in [9.17, 15) is 10.1 Å². The molecule has 3 rings (SSSR count). The van der Waals surface area contributed by atoms with Gasteiger partial charge < -0.3 is 9.88 Å². The molecule has 2 aromatic heterocycles. The second kappa shape index (κ2) is 10.1. The van der Waals surface area contributed by atoms with Gasteiger partial charge in [0.1, 0.15) is 16.9 Å². The van der Waals surface area contributed by atoms with Gasteiger partial charge in [-0.25, -0.2) is 0 Å². The van der Waals surface area contributed by atoms with Gasteiger partial charge in [0.05, 0.1) is 11.3 Å². The highest BCUT2D eigenvalue weighted by molar-refractivity contribution is 7.99. The van der Waals surface area contributed by atoms with Gasteiger partial charge in [0.25, 0.3) is 0 Å². The highest BCUT2D eigenvalue weighted by atomic mass is 32.2. The monoisotopic (exact) mass is 429 g/mol. The number of carbonyl (C=O) groups excluding carboxylic acids is 1. The second-order valence-electron chi connectivity index (χ2n) is 7.47. The summed E-state index contributed by atoms with van der Waals surface area (Å²) in [5.41, 5.74) is 1.80. The largest absolute Gasteiger partial charge is 0.316 e. The van der Waals surface area contributed by atoms with E-state index in [2.05, 4.69) is 42.0 Å². The van der Waals surface area contributed by atoms with Gasteiger partial charge in [-0.2, -0.15) is 5.26 Å². The van der Waals surface area contributed by atoms with Crippen molar-refractivity contribution in [2.75, 3.05) is 11.1 Å². The van der Waals surface area contributed by atoms with Crippen LogP contribution in [-0.2, 0) is 24.2 Å². The van der Waals surface area contributed by atoms with E-state index in [1.807, 2.05) is 4.57 Å². The number of thioether (sulfide) groups is 1. The van der Waals surface area contributed by atoms with Crippen LogP contribution in [0.1, 0.15) is 67.3 Å². The van der Waals surface area contributed by atoms with Crippen LogP contribution in [0.4, 0.5) is 5.00 Å². The third-order valence-corrected chi connectivity index (χ3v) is 7.12. The summed E-state index contributed by atoms with van der Waals surface area (Å²) in [5.74, 6) is 1.23. The number of aromatic nitrogens is 3. The third-order valence-electron chi connectivity index (χ3n) is 4.94. The van der Waals surface area contributed by atoms with Crippen LogP contribution in [0.15, 0.2) is 17.8 Å². The Hall–Kier alpha value is -2.11. The summed E-state index contributed by atoms with van der Waals surface area (Å²) in [4.78, 5) is 13.9. The molecule has 0 atom stereocenters. The van der Waals surface area contributed by atoms with Crippen LogP contribution < -0.4 is 5.32 Å². The van der Waals surface area contributed by atoms with Crippen molar-refractivity contribution in [3.8, 4) is 6.07 Å². The van der Waals surface area contributed by atoms with E-state index in [4.69, 9.17) is 0 Å². The molecule has 1 aliphatic rings. The van der Waals surface area contributed by atoms with Gasteiger partial charge in [-0.05, 0) is 31.2 Å². The predicted molar refractivity (Wildman–Crippen MR) is 119 cm³/mol. The molecule has 2 aromatic rings. The minimum Gasteiger partial charge on any atom is -0.316 e. The first-order valence-electron chi connectivity index (χ1n) is 10.1. The maximum atomic E-state index is 12.6. The second-order valence-corrected chi connectivity index (χ2v) is 9.51. The maximum absolute atomic E-state index is 12.6. The normalized spacial score (nSPS) is 14.0. The van der Waals surface area contributed by atoms with Crippen molar-refractivity contribution >= 4 is 34.0 Å². The zero-order valence-electron chi connectivity index (χ0n) is 17.0. The Morgan fingerprint density at radius 3 is 2.79 bits per heavy atom. The summed E-state index contributed by atoms with van der Waals surface area (Å²) in [5, 5.41) is 22.5. The fourth-order valence-corrected chi connectivity index (χ4v) is 5.56. The van der Waals surface area contributed by atoms with Crippen LogP contribution in [0.5, 0.6) is 0 Å². The maximum Gasteiger partial charge on any atom is 0.235 e. The zero-order chi connectivity index (χ0) is 20.8. The Kier molecular flexibility index (Phi) is 7.51. The third kappa shape index (κ3) is 5.09. The number of amides is 1. The lowest BCUT2D eigenvalue weighted by Gasteiger charge is -2.09. The van der Waals surface area contributed by atoms with E-state index in [1.165, 1.54) is 29.5 Å². The van der Waals surface area contributed by atoms with Crippen LogP contribution >= 0.6 is 23.1 Å². The number of hydrogen-bond acceptors (Lipinski definition) is 6. The summed E-state index contributed by atoms with van der Waals surface area (Å²) in [7, 11) is 0. The van der Waals surface area contributed by atoms with E-state index in [-0.39, 0.29) is 17.6 Å². The first-order valence-corrected chi connectivity index (χ1v) is 11.9. The van der Waals surface area contributed by atoms with Crippen molar-refractivity contribution in [2.24, 2.45) is 0 Å². The molecule has 1 N–H and O–H groups in total. The van der Waals surface area contributed by atoms with Gasteiger partial charge in [0.15, 0.2) is 5.16 Å². The minimum absolute atomic E-state index is 0.125. The fourth-order valence-electron chi connectivity index (χ4n) is 3.55. The number of thiophene rings is 1. The van der Waals surface area contributed by atoms with E-state index in [0.29, 0.717) is 22.3 Å². The SMILES string of the molecule is C=CCn1c(SCC(=O)Nc2sc3c(c2C#N)CCCCCC3)nnc1C(C)C. The highest BCUT2D eigenvalue weighted by Gasteiger charge is 2.21. The molecular formula is C21H27N5OS2. The average molecular weight is 430 g/mol.